The van der Waals surface area contributed by atoms with Crippen LogP contribution in [-0.2, 0) is 14.4 Å². The Hall–Kier alpha value is -3.17. The van der Waals surface area contributed by atoms with Crippen molar-refractivity contribution in [2.24, 2.45) is 0 Å². The molecule has 0 aliphatic carbocycles. The normalized spacial score (nSPS) is 11.3. The third-order valence-electron chi connectivity index (χ3n) is 3.68. The number of fused-ring (bicyclic) bond motifs is 1. The molecule has 5 N–H and O–H groups in total. The molecule has 0 aliphatic rings. The third kappa shape index (κ3) is 8.58. The number of benzene rings is 2. The molecule has 0 radical (unpaired) electrons. The number of carbonyl (C=O) groups is 3. The van der Waals surface area contributed by atoms with Gasteiger partial charge in [-0.15, -0.1) is 0 Å². The van der Waals surface area contributed by atoms with Gasteiger partial charge in [-0.25, -0.2) is 4.79 Å². The van der Waals surface area contributed by atoms with E-state index in [0.29, 0.717) is 18.3 Å². The molecule has 0 aliphatic heterocycles. The highest BCUT2D eigenvalue weighted by molar-refractivity contribution is 6.26. The highest BCUT2D eigenvalue weighted by atomic mass is 16.5. The van der Waals surface area contributed by atoms with Gasteiger partial charge in [0.05, 0.1) is 6.04 Å². The first kappa shape index (κ1) is 23.9. The Morgan fingerprint density at radius 3 is 2.28 bits per heavy atom. The van der Waals surface area contributed by atoms with E-state index in [1.54, 1.807) is 0 Å². The number of hydrogen-bond acceptors (Lipinski definition) is 6. The Morgan fingerprint density at radius 1 is 1.14 bits per heavy atom. The van der Waals surface area contributed by atoms with Gasteiger partial charge in [0, 0.05) is 23.4 Å². The lowest BCUT2D eigenvalue weighted by molar-refractivity contribution is -0.688. The quantitative estimate of drug-likeness (QED) is 0.445. The molecule has 1 unspecified atom stereocenters. The summed E-state index contributed by atoms with van der Waals surface area (Å²) >= 11 is 0. The van der Waals surface area contributed by atoms with Gasteiger partial charge in [-0.05, 0) is 26.0 Å². The summed E-state index contributed by atoms with van der Waals surface area (Å²) in [5.41, 5.74) is 0.758. The number of aliphatic hydroxyl groups is 1. The number of ether oxygens (including phenoxy) is 1. The summed E-state index contributed by atoms with van der Waals surface area (Å²) in [6.45, 7) is 6.51. The van der Waals surface area contributed by atoms with Crippen molar-refractivity contribution >= 4 is 34.3 Å². The lowest BCUT2D eigenvalue weighted by Crippen LogP contribution is -2.90. The van der Waals surface area contributed by atoms with Gasteiger partial charge in [0.25, 0.3) is 0 Å². The van der Waals surface area contributed by atoms with Crippen LogP contribution in [0.5, 0.6) is 5.75 Å². The van der Waals surface area contributed by atoms with Crippen molar-refractivity contribution in [1.82, 2.24) is 0 Å². The van der Waals surface area contributed by atoms with Crippen LogP contribution in [-0.4, -0.2) is 53.4 Å². The summed E-state index contributed by atoms with van der Waals surface area (Å²) in [7, 11) is 0. The molecule has 0 saturated carbocycles. The summed E-state index contributed by atoms with van der Waals surface area (Å²) < 4.78 is 5.79. The van der Waals surface area contributed by atoms with Gasteiger partial charge >= 0.3 is 5.97 Å². The molecule has 0 aromatic heterocycles. The van der Waals surface area contributed by atoms with Gasteiger partial charge < -0.3 is 35.5 Å². The molecule has 2 aromatic rings. The van der Waals surface area contributed by atoms with Crippen molar-refractivity contribution < 1.29 is 39.8 Å². The maximum absolute atomic E-state index is 11.3. The highest BCUT2D eigenvalue weighted by Gasteiger charge is 2.11. The first-order valence-corrected chi connectivity index (χ1v) is 8.99. The fourth-order valence-corrected chi connectivity index (χ4v) is 2.39. The van der Waals surface area contributed by atoms with E-state index in [1.165, 1.54) is 6.92 Å². The van der Waals surface area contributed by atoms with Crippen LogP contribution >= 0.6 is 0 Å². The van der Waals surface area contributed by atoms with Crippen molar-refractivity contribution in [3.63, 3.8) is 0 Å². The van der Waals surface area contributed by atoms with Crippen LogP contribution in [0.2, 0.25) is 0 Å². The Labute approximate surface area is 168 Å². The van der Waals surface area contributed by atoms with Gasteiger partial charge in [-0.3, -0.25) is 4.79 Å². The Bertz CT molecular complexity index is 840. The topological polar surface area (TPSA) is 153 Å². The summed E-state index contributed by atoms with van der Waals surface area (Å²) in [6.07, 6.45) is -0.522. The number of quaternary nitrogens is 1. The van der Waals surface area contributed by atoms with E-state index in [4.69, 9.17) is 24.5 Å². The second kappa shape index (κ2) is 11.6. The van der Waals surface area contributed by atoms with E-state index in [0.717, 1.165) is 16.5 Å². The lowest BCUT2D eigenvalue weighted by atomic mass is 10.1. The molecule has 9 nitrogen and oxygen atoms in total. The first-order valence-electron chi connectivity index (χ1n) is 8.99. The first-order chi connectivity index (χ1) is 13.6. The van der Waals surface area contributed by atoms with Crippen molar-refractivity contribution in [3.8, 4) is 5.75 Å². The maximum Gasteiger partial charge on any atom is 0.351 e. The number of nitrogens with one attached hydrogen (secondary N) is 1. The predicted molar refractivity (Wildman–Crippen MR) is 104 cm³/mol. The van der Waals surface area contributed by atoms with Crippen LogP contribution in [0, 0.1) is 0 Å². The van der Waals surface area contributed by atoms with Crippen LogP contribution in [0.15, 0.2) is 36.4 Å². The number of hydrogen-bond donors (Lipinski definition) is 4. The SMILES string of the molecule is CC(=O)Nc1cccc2c(OCC(O)C[NH2+]C(C)C)cccc12.O=C([O-])C(=O)O. The number of amides is 1. The number of carbonyl (C=O) groups excluding carboxylic acids is 2. The van der Waals surface area contributed by atoms with Crippen molar-refractivity contribution in [2.75, 3.05) is 18.5 Å². The zero-order chi connectivity index (χ0) is 22.0. The molecular weight excluding hydrogens is 380 g/mol. The minimum absolute atomic E-state index is 0.108. The Balaban J connectivity index is 0.000000612. The monoisotopic (exact) mass is 406 g/mol. The minimum atomic E-state index is -2.07. The maximum atomic E-state index is 11.3. The molecule has 0 spiro atoms. The summed E-state index contributed by atoms with van der Waals surface area (Å²) in [5.74, 6) is -3.41. The smallest absolute Gasteiger partial charge is 0.351 e. The minimum Gasteiger partial charge on any atom is -0.539 e. The van der Waals surface area contributed by atoms with Crippen LogP contribution in [0.25, 0.3) is 10.8 Å². The van der Waals surface area contributed by atoms with Crippen molar-refractivity contribution in [2.45, 2.75) is 32.9 Å². The molecular formula is C20H26N2O7. The van der Waals surface area contributed by atoms with Gasteiger partial charge in [0.1, 0.15) is 25.0 Å². The molecule has 158 valence electrons. The molecule has 2 rings (SSSR count). The van der Waals surface area contributed by atoms with Gasteiger partial charge in [0.2, 0.25) is 5.91 Å². The van der Waals surface area contributed by atoms with Crippen LogP contribution in [0.3, 0.4) is 0 Å². The lowest BCUT2D eigenvalue weighted by Gasteiger charge is -2.15. The van der Waals surface area contributed by atoms with E-state index in [9.17, 15) is 9.90 Å². The average Bonchev–Trinajstić information content (AvgIpc) is 2.65. The third-order valence-corrected chi connectivity index (χ3v) is 3.68. The van der Waals surface area contributed by atoms with E-state index in [2.05, 4.69) is 24.5 Å². The molecule has 0 heterocycles. The molecule has 0 fully saturated rings. The molecule has 0 saturated heterocycles. The van der Waals surface area contributed by atoms with Crippen LogP contribution in [0.4, 0.5) is 5.69 Å². The Kier molecular flexibility index (Phi) is 9.57. The van der Waals surface area contributed by atoms with Crippen molar-refractivity contribution in [1.29, 1.82) is 0 Å². The van der Waals surface area contributed by atoms with E-state index in [1.807, 2.05) is 36.4 Å². The van der Waals surface area contributed by atoms with Gasteiger partial charge in [-0.2, -0.15) is 0 Å². The number of rotatable bonds is 7. The summed E-state index contributed by atoms with van der Waals surface area (Å²) in [6, 6.07) is 11.8. The van der Waals surface area contributed by atoms with Crippen molar-refractivity contribution in [3.05, 3.63) is 36.4 Å². The number of anilines is 1. The molecule has 2 aromatic carbocycles. The molecule has 9 heteroatoms. The van der Waals surface area contributed by atoms with E-state index < -0.39 is 18.0 Å². The average molecular weight is 406 g/mol. The number of carboxylic acid groups (broad SMARTS) is 2. The zero-order valence-corrected chi connectivity index (χ0v) is 16.5. The van der Waals surface area contributed by atoms with E-state index in [-0.39, 0.29) is 12.5 Å². The largest absolute Gasteiger partial charge is 0.539 e. The predicted octanol–water partition coefficient (Wildman–Crippen LogP) is -0.669. The molecule has 0 bridgehead atoms. The highest BCUT2D eigenvalue weighted by Crippen LogP contribution is 2.30. The van der Waals surface area contributed by atoms with E-state index >= 15 is 0 Å². The summed E-state index contributed by atoms with van der Waals surface area (Å²) in [5, 5.41) is 33.0. The number of aliphatic carboxylic acids is 2. The molecule has 29 heavy (non-hydrogen) atoms. The molecule has 1 atom stereocenters. The van der Waals surface area contributed by atoms with Crippen LogP contribution < -0.4 is 20.5 Å². The fraction of sp³-hybridized carbons (Fsp3) is 0.350. The Morgan fingerprint density at radius 2 is 1.72 bits per heavy atom. The zero-order valence-electron chi connectivity index (χ0n) is 16.5. The standard InChI is InChI=1S/C18H24N2O3.C2H2O4/c1-12(2)19-10-14(22)11-23-18-9-5-6-15-16(18)7-4-8-17(15)20-13(3)21;3-1(4)2(5)6/h4-9,12,14,19,22H,10-11H2,1-3H3,(H,20,21);(H,3,4)(H,5,6). The van der Waals surface area contributed by atoms with Crippen LogP contribution in [0.1, 0.15) is 20.8 Å². The van der Waals surface area contributed by atoms with Gasteiger partial charge in [-0.1, -0.05) is 24.3 Å². The summed E-state index contributed by atoms with van der Waals surface area (Å²) in [4.78, 5) is 29.3. The second-order valence-electron chi connectivity index (χ2n) is 6.61. The second-order valence-corrected chi connectivity index (χ2v) is 6.61. The fourth-order valence-electron chi connectivity index (χ4n) is 2.39. The number of aliphatic hydroxyl groups excluding tert-OH is 1. The number of nitrogens with two attached hydrogens (primary N) is 1. The number of carboxylic acids is 2. The van der Waals surface area contributed by atoms with Gasteiger partial charge in [0.15, 0.2) is 5.97 Å². The molecule has 1 amide bonds.